The van der Waals surface area contributed by atoms with Crippen molar-refractivity contribution in [2.24, 2.45) is 0 Å². The van der Waals surface area contributed by atoms with E-state index >= 15 is 0 Å². The molecule has 1 aliphatic heterocycles. The average Bonchev–Trinajstić information content (AvgIpc) is 2.95. The monoisotopic (exact) mass is 376 g/mol. The van der Waals surface area contributed by atoms with Crippen molar-refractivity contribution in [3.05, 3.63) is 40.9 Å². The van der Waals surface area contributed by atoms with Crippen LogP contribution in [0.3, 0.4) is 0 Å². The van der Waals surface area contributed by atoms with Crippen LogP contribution in [0.5, 0.6) is 0 Å². The first-order valence-electron chi connectivity index (χ1n) is 8.66. The maximum atomic E-state index is 12.3. The molecule has 1 fully saturated rings. The summed E-state index contributed by atoms with van der Waals surface area (Å²) in [6.45, 7) is 6.12. The molecule has 2 amide bonds. The molecule has 0 aromatic heterocycles. The molecule has 1 N–H and O–H groups in total. The van der Waals surface area contributed by atoms with Crippen molar-refractivity contribution >= 4 is 35.2 Å². The van der Waals surface area contributed by atoms with Crippen LogP contribution in [-0.4, -0.2) is 41.6 Å². The van der Waals surface area contributed by atoms with Crippen LogP contribution < -0.4 is 5.32 Å². The number of carbonyl (C=O) groups excluding carboxylic acids is 3. The molecule has 0 radical (unpaired) electrons. The molecule has 1 saturated heterocycles. The molecule has 140 valence electrons. The van der Waals surface area contributed by atoms with Crippen LogP contribution in [0, 0.1) is 0 Å². The Morgan fingerprint density at radius 3 is 2.62 bits per heavy atom. The molecule has 7 heteroatoms. The Hall–Kier alpha value is -2.28. The number of hydrogen-bond donors (Lipinski definition) is 1. The summed E-state index contributed by atoms with van der Waals surface area (Å²) < 4.78 is 4.86. The number of rotatable bonds is 7. The minimum Gasteiger partial charge on any atom is -0.463 e. The van der Waals surface area contributed by atoms with Crippen molar-refractivity contribution in [3.8, 4) is 0 Å². The Balaban J connectivity index is 1.99. The zero-order valence-electron chi connectivity index (χ0n) is 15.3. The number of benzene rings is 1. The van der Waals surface area contributed by atoms with Gasteiger partial charge in [0.1, 0.15) is 6.54 Å². The predicted molar refractivity (Wildman–Crippen MR) is 103 cm³/mol. The summed E-state index contributed by atoms with van der Waals surface area (Å²) >= 11 is 1.23. The molecule has 0 bridgehead atoms. The summed E-state index contributed by atoms with van der Waals surface area (Å²) in [5.41, 5.74) is 1.90. The number of thioether (sulfide) groups is 1. The Morgan fingerprint density at radius 1 is 1.31 bits per heavy atom. The Bertz CT molecular complexity index is 700. The second-order valence-corrected chi connectivity index (χ2v) is 6.98. The Kier molecular flexibility index (Phi) is 7.26. The van der Waals surface area contributed by atoms with Crippen LogP contribution in [0.4, 0.5) is 5.69 Å². The van der Waals surface area contributed by atoms with Crippen molar-refractivity contribution in [1.82, 2.24) is 4.90 Å². The Labute approximate surface area is 158 Å². The second kappa shape index (κ2) is 9.43. The SMILES string of the molecule is CCOC(=O)/C=C1\SCC(=O)N1CC(=O)Nc1ccc([C@@H](C)CC)cc1. The summed E-state index contributed by atoms with van der Waals surface area (Å²) in [4.78, 5) is 37.2. The molecule has 1 heterocycles. The van der Waals surface area contributed by atoms with E-state index in [2.05, 4.69) is 19.2 Å². The minimum atomic E-state index is -0.518. The first-order valence-corrected chi connectivity index (χ1v) is 9.64. The quantitative estimate of drug-likeness (QED) is 0.584. The van der Waals surface area contributed by atoms with Gasteiger partial charge >= 0.3 is 5.97 Å². The van der Waals surface area contributed by atoms with E-state index in [1.54, 1.807) is 6.92 Å². The van der Waals surface area contributed by atoms with E-state index in [0.717, 1.165) is 6.42 Å². The lowest BCUT2D eigenvalue weighted by Gasteiger charge is -2.17. The second-order valence-electron chi connectivity index (χ2n) is 5.98. The highest BCUT2D eigenvalue weighted by atomic mass is 32.2. The van der Waals surface area contributed by atoms with Crippen molar-refractivity contribution in [3.63, 3.8) is 0 Å². The van der Waals surface area contributed by atoms with E-state index < -0.39 is 5.97 Å². The summed E-state index contributed by atoms with van der Waals surface area (Å²) in [6, 6.07) is 7.70. The number of esters is 1. The number of ether oxygens (including phenoxy) is 1. The van der Waals surface area contributed by atoms with Gasteiger partial charge < -0.3 is 10.1 Å². The summed E-state index contributed by atoms with van der Waals surface area (Å²) in [5, 5.41) is 3.23. The van der Waals surface area contributed by atoms with Gasteiger partial charge in [0, 0.05) is 5.69 Å². The van der Waals surface area contributed by atoms with Gasteiger partial charge in [0.25, 0.3) is 0 Å². The molecule has 0 unspecified atom stereocenters. The number of carbonyl (C=O) groups is 3. The molecule has 0 saturated carbocycles. The third-order valence-electron chi connectivity index (χ3n) is 4.12. The van der Waals surface area contributed by atoms with E-state index in [9.17, 15) is 14.4 Å². The first kappa shape index (κ1) is 20.0. The topological polar surface area (TPSA) is 75.7 Å². The zero-order valence-corrected chi connectivity index (χ0v) is 16.1. The van der Waals surface area contributed by atoms with Gasteiger partial charge in [-0.25, -0.2) is 4.79 Å². The van der Waals surface area contributed by atoms with Gasteiger partial charge in [-0.05, 0) is 37.0 Å². The maximum Gasteiger partial charge on any atom is 0.333 e. The number of hydrogen-bond acceptors (Lipinski definition) is 5. The smallest absolute Gasteiger partial charge is 0.333 e. The third kappa shape index (κ3) is 5.36. The molecule has 0 aliphatic carbocycles. The van der Waals surface area contributed by atoms with E-state index in [4.69, 9.17) is 4.74 Å². The van der Waals surface area contributed by atoms with Crippen molar-refractivity contribution in [2.45, 2.75) is 33.1 Å². The molecule has 2 rings (SSSR count). The molecule has 26 heavy (non-hydrogen) atoms. The van der Waals surface area contributed by atoms with Gasteiger partial charge in [-0.3, -0.25) is 14.5 Å². The molecular formula is C19H24N2O4S. The molecule has 1 aliphatic rings. The van der Waals surface area contributed by atoms with Crippen LogP contribution >= 0.6 is 11.8 Å². The van der Waals surface area contributed by atoms with Crippen LogP contribution in [0.25, 0.3) is 0 Å². The zero-order chi connectivity index (χ0) is 19.1. The van der Waals surface area contributed by atoms with Crippen LogP contribution in [0.1, 0.15) is 38.7 Å². The summed E-state index contributed by atoms with van der Waals surface area (Å²) in [7, 11) is 0. The van der Waals surface area contributed by atoms with Gasteiger partial charge in [-0.15, -0.1) is 0 Å². The van der Waals surface area contributed by atoms with E-state index in [1.807, 2.05) is 24.3 Å². The summed E-state index contributed by atoms with van der Waals surface area (Å²) in [5.74, 6) is -0.354. The van der Waals surface area contributed by atoms with Gasteiger partial charge in [0.2, 0.25) is 11.8 Å². The molecular weight excluding hydrogens is 352 g/mol. The fourth-order valence-electron chi connectivity index (χ4n) is 2.46. The highest BCUT2D eigenvalue weighted by Gasteiger charge is 2.29. The van der Waals surface area contributed by atoms with Gasteiger partial charge in [0.15, 0.2) is 0 Å². The number of amides is 2. The van der Waals surface area contributed by atoms with Crippen molar-refractivity contribution in [1.29, 1.82) is 0 Å². The number of anilines is 1. The lowest BCUT2D eigenvalue weighted by atomic mass is 9.99. The minimum absolute atomic E-state index is 0.135. The fourth-order valence-corrected chi connectivity index (χ4v) is 3.39. The first-order chi connectivity index (χ1) is 12.4. The van der Waals surface area contributed by atoms with E-state index in [1.165, 1.54) is 28.3 Å². The fraction of sp³-hybridized carbons (Fsp3) is 0.421. The van der Waals surface area contributed by atoms with Crippen LogP contribution in [-0.2, 0) is 19.1 Å². The van der Waals surface area contributed by atoms with Gasteiger partial charge in [-0.1, -0.05) is 37.7 Å². The third-order valence-corrected chi connectivity index (χ3v) is 5.14. The molecule has 6 nitrogen and oxygen atoms in total. The molecule has 1 aromatic rings. The lowest BCUT2D eigenvalue weighted by molar-refractivity contribution is -0.137. The van der Waals surface area contributed by atoms with E-state index in [-0.39, 0.29) is 30.7 Å². The van der Waals surface area contributed by atoms with Crippen molar-refractivity contribution in [2.75, 3.05) is 24.2 Å². The number of nitrogens with one attached hydrogen (secondary N) is 1. The van der Waals surface area contributed by atoms with Crippen molar-refractivity contribution < 1.29 is 19.1 Å². The van der Waals surface area contributed by atoms with Crippen LogP contribution in [0.15, 0.2) is 35.4 Å². The Morgan fingerprint density at radius 2 is 2.00 bits per heavy atom. The lowest BCUT2D eigenvalue weighted by Crippen LogP contribution is -2.34. The van der Waals surface area contributed by atoms with Gasteiger partial charge in [-0.2, -0.15) is 0 Å². The normalized spacial score (nSPS) is 16.7. The largest absolute Gasteiger partial charge is 0.463 e. The highest BCUT2D eigenvalue weighted by Crippen LogP contribution is 2.28. The predicted octanol–water partition coefficient (Wildman–Crippen LogP) is 3.12. The molecule has 1 aromatic carbocycles. The molecule has 0 spiro atoms. The van der Waals surface area contributed by atoms with E-state index in [0.29, 0.717) is 16.6 Å². The highest BCUT2D eigenvalue weighted by molar-refractivity contribution is 8.04. The average molecular weight is 376 g/mol. The standard InChI is InChI=1S/C19H24N2O4S/c1-4-13(3)14-6-8-15(9-7-14)20-16(22)11-21-17(23)12-26-18(21)10-19(24)25-5-2/h6-10,13H,4-5,11-12H2,1-3H3,(H,20,22)/b18-10-/t13-/m0/s1. The van der Waals surface area contributed by atoms with Gasteiger partial charge in [0.05, 0.1) is 23.5 Å². The molecule has 1 atom stereocenters. The summed E-state index contributed by atoms with van der Waals surface area (Å²) in [6.07, 6.45) is 2.31. The maximum absolute atomic E-state index is 12.3. The number of nitrogens with zero attached hydrogens (tertiary/aromatic N) is 1. The van der Waals surface area contributed by atoms with Crippen LogP contribution in [0.2, 0.25) is 0 Å².